The highest BCUT2D eigenvalue weighted by Gasteiger charge is 2.26. The molecule has 168 valence electrons. The first-order valence-corrected chi connectivity index (χ1v) is 12.3. The number of nitrogens with one attached hydrogen (secondary N) is 1. The molecule has 0 unspecified atom stereocenters. The molecule has 0 saturated carbocycles. The zero-order valence-corrected chi connectivity index (χ0v) is 20.2. The molecule has 4 nitrogen and oxygen atoms in total. The topological polar surface area (TPSA) is 49.4 Å². The van der Waals surface area contributed by atoms with Crippen LogP contribution >= 0.6 is 23.4 Å². The molecular formula is C25H33ClN2O2S. The summed E-state index contributed by atoms with van der Waals surface area (Å²) in [4.78, 5) is 28.6. The second-order valence-corrected chi connectivity index (χ2v) is 9.33. The summed E-state index contributed by atoms with van der Waals surface area (Å²) in [5.74, 6) is 0.776. The molecule has 1 N–H and O–H groups in total. The van der Waals surface area contributed by atoms with Gasteiger partial charge in [-0.25, -0.2) is 0 Å². The molecule has 0 aromatic heterocycles. The van der Waals surface area contributed by atoms with E-state index in [0.717, 1.165) is 40.5 Å². The van der Waals surface area contributed by atoms with Crippen LogP contribution in [0.5, 0.6) is 0 Å². The third kappa shape index (κ3) is 8.96. The lowest BCUT2D eigenvalue weighted by molar-refractivity contribution is -0.140. The van der Waals surface area contributed by atoms with E-state index in [9.17, 15) is 9.59 Å². The van der Waals surface area contributed by atoms with Crippen molar-refractivity contribution in [3.63, 3.8) is 0 Å². The van der Waals surface area contributed by atoms with Gasteiger partial charge in [0.05, 0.1) is 0 Å². The third-order valence-electron chi connectivity index (χ3n) is 5.27. The van der Waals surface area contributed by atoms with Crippen LogP contribution in [0, 0.1) is 0 Å². The predicted octanol–water partition coefficient (Wildman–Crippen LogP) is 5.59. The molecule has 2 amide bonds. The molecule has 0 radical (unpaired) electrons. The number of carbonyl (C=O) groups is 2. The monoisotopic (exact) mass is 460 g/mol. The number of thioether (sulfide) groups is 1. The summed E-state index contributed by atoms with van der Waals surface area (Å²) in [7, 11) is 0. The summed E-state index contributed by atoms with van der Waals surface area (Å²) >= 11 is 7.64. The van der Waals surface area contributed by atoms with Gasteiger partial charge in [0, 0.05) is 28.9 Å². The van der Waals surface area contributed by atoms with Crippen LogP contribution in [-0.4, -0.2) is 41.1 Å². The van der Waals surface area contributed by atoms with E-state index in [0.29, 0.717) is 13.0 Å². The fourth-order valence-corrected chi connectivity index (χ4v) is 4.10. The van der Waals surface area contributed by atoms with Crippen molar-refractivity contribution in [3.05, 3.63) is 65.2 Å². The minimum absolute atomic E-state index is 0.0273. The van der Waals surface area contributed by atoms with Crippen molar-refractivity contribution in [2.45, 2.75) is 63.4 Å². The number of carbonyl (C=O) groups excluding carboxylic acids is 2. The molecule has 31 heavy (non-hydrogen) atoms. The number of halogens is 1. The highest BCUT2D eigenvalue weighted by Crippen LogP contribution is 2.21. The van der Waals surface area contributed by atoms with E-state index in [1.807, 2.05) is 63.2 Å². The summed E-state index contributed by atoms with van der Waals surface area (Å²) in [6.07, 6.45) is 2.77. The van der Waals surface area contributed by atoms with Crippen LogP contribution < -0.4 is 5.32 Å². The Hall–Kier alpha value is -1.98. The van der Waals surface area contributed by atoms with Crippen LogP contribution in [0.15, 0.2) is 59.5 Å². The van der Waals surface area contributed by atoms with Crippen LogP contribution in [0.1, 0.15) is 45.6 Å². The van der Waals surface area contributed by atoms with Gasteiger partial charge in [-0.2, -0.15) is 0 Å². The molecule has 2 atom stereocenters. The standard InChI is InChI=1S/C25H33ClN2O2S/c1-4-19(2)27-25(30)20(3)28(17-16-21-9-6-5-7-10-21)24(29)11-8-18-31-23-14-12-22(26)13-15-23/h5-7,9-10,12-15,19-20H,4,8,11,16-18H2,1-3H3,(H,27,30)/t19-,20+/m1/s1. The Morgan fingerprint density at radius 3 is 2.39 bits per heavy atom. The molecule has 0 bridgehead atoms. The average Bonchev–Trinajstić information content (AvgIpc) is 2.78. The summed E-state index contributed by atoms with van der Waals surface area (Å²) in [5.41, 5.74) is 1.16. The fraction of sp³-hybridized carbons (Fsp3) is 0.440. The van der Waals surface area contributed by atoms with Crippen molar-refractivity contribution in [2.75, 3.05) is 12.3 Å². The third-order valence-corrected chi connectivity index (χ3v) is 6.62. The van der Waals surface area contributed by atoms with Gasteiger partial charge in [0.1, 0.15) is 6.04 Å². The average molecular weight is 461 g/mol. The van der Waals surface area contributed by atoms with Crippen molar-refractivity contribution in [3.8, 4) is 0 Å². The van der Waals surface area contributed by atoms with Gasteiger partial charge < -0.3 is 10.2 Å². The van der Waals surface area contributed by atoms with Crippen molar-refractivity contribution < 1.29 is 9.59 Å². The van der Waals surface area contributed by atoms with E-state index in [1.54, 1.807) is 16.7 Å². The number of nitrogens with zero attached hydrogens (tertiary/aromatic N) is 1. The summed E-state index contributed by atoms with van der Waals surface area (Å²) in [5, 5.41) is 3.73. The highest BCUT2D eigenvalue weighted by atomic mass is 35.5. The SMILES string of the molecule is CC[C@@H](C)NC(=O)[C@H](C)N(CCc1ccccc1)C(=O)CCCSc1ccc(Cl)cc1. The van der Waals surface area contributed by atoms with Gasteiger partial charge in [0.15, 0.2) is 0 Å². The molecule has 6 heteroatoms. The number of hydrogen-bond acceptors (Lipinski definition) is 3. The number of benzene rings is 2. The second kappa shape index (κ2) is 13.4. The molecule has 2 aromatic carbocycles. The van der Waals surface area contributed by atoms with Crippen LogP contribution in [0.25, 0.3) is 0 Å². The maximum absolute atomic E-state index is 13.0. The number of rotatable bonds is 12. The lowest BCUT2D eigenvalue weighted by Crippen LogP contribution is -2.50. The maximum Gasteiger partial charge on any atom is 0.242 e. The fourth-order valence-electron chi connectivity index (χ4n) is 3.12. The lowest BCUT2D eigenvalue weighted by atomic mass is 10.1. The first-order valence-electron chi connectivity index (χ1n) is 10.9. The number of amides is 2. The second-order valence-electron chi connectivity index (χ2n) is 7.72. The molecule has 0 spiro atoms. The Bertz CT molecular complexity index is 814. The Morgan fingerprint density at radius 2 is 1.74 bits per heavy atom. The van der Waals surface area contributed by atoms with E-state index in [4.69, 9.17) is 11.6 Å². The first-order chi connectivity index (χ1) is 14.9. The molecule has 0 aliphatic rings. The largest absolute Gasteiger partial charge is 0.352 e. The van der Waals surface area contributed by atoms with Gasteiger partial charge >= 0.3 is 0 Å². The quantitative estimate of drug-likeness (QED) is 0.332. The lowest BCUT2D eigenvalue weighted by Gasteiger charge is -2.29. The van der Waals surface area contributed by atoms with Gasteiger partial charge in [-0.3, -0.25) is 9.59 Å². The Kier molecular flexibility index (Phi) is 11.0. The molecule has 0 heterocycles. The van der Waals surface area contributed by atoms with Crippen molar-refractivity contribution in [1.82, 2.24) is 10.2 Å². The minimum Gasteiger partial charge on any atom is -0.352 e. The van der Waals surface area contributed by atoms with E-state index in [2.05, 4.69) is 17.4 Å². The van der Waals surface area contributed by atoms with Crippen LogP contribution in [0.3, 0.4) is 0 Å². The number of hydrogen-bond donors (Lipinski definition) is 1. The van der Waals surface area contributed by atoms with Crippen molar-refractivity contribution in [2.24, 2.45) is 0 Å². The maximum atomic E-state index is 13.0. The molecule has 0 fully saturated rings. The molecule has 0 aliphatic heterocycles. The zero-order valence-electron chi connectivity index (χ0n) is 18.6. The van der Waals surface area contributed by atoms with E-state index in [-0.39, 0.29) is 17.9 Å². The normalized spacial score (nSPS) is 12.8. The first kappa shape index (κ1) is 25.3. The van der Waals surface area contributed by atoms with Gasteiger partial charge in [-0.15, -0.1) is 11.8 Å². The Morgan fingerprint density at radius 1 is 1.06 bits per heavy atom. The minimum atomic E-state index is -0.492. The summed E-state index contributed by atoms with van der Waals surface area (Å²) in [6.45, 7) is 6.37. The Balaban J connectivity index is 1.93. The smallest absolute Gasteiger partial charge is 0.242 e. The van der Waals surface area contributed by atoms with Gasteiger partial charge in [0.25, 0.3) is 0 Å². The van der Waals surface area contributed by atoms with Gasteiger partial charge in [0.2, 0.25) is 11.8 Å². The highest BCUT2D eigenvalue weighted by molar-refractivity contribution is 7.99. The molecular weight excluding hydrogens is 428 g/mol. The molecule has 0 aliphatic carbocycles. The Labute approximate surface area is 195 Å². The van der Waals surface area contributed by atoms with Gasteiger partial charge in [-0.05, 0) is 68.7 Å². The van der Waals surface area contributed by atoms with E-state index in [1.165, 1.54) is 0 Å². The molecule has 2 aromatic rings. The van der Waals surface area contributed by atoms with E-state index >= 15 is 0 Å². The summed E-state index contributed by atoms with van der Waals surface area (Å²) < 4.78 is 0. The summed E-state index contributed by atoms with van der Waals surface area (Å²) in [6, 6.07) is 17.4. The van der Waals surface area contributed by atoms with Crippen LogP contribution in [0.4, 0.5) is 0 Å². The van der Waals surface area contributed by atoms with Crippen molar-refractivity contribution >= 4 is 35.2 Å². The van der Waals surface area contributed by atoms with Crippen LogP contribution in [-0.2, 0) is 16.0 Å². The van der Waals surface area contributed by atoms with Gasteiger partial charge in [-0.1, -0.05) is 48.9 Å². The zero-order chi connectivity index (χ0) is 22.6. The van der Waals surface area contributed by atoms with E-state index < -0.39 is 6.04 Å². The van der Waals surface area contributed by atoms with Crippen molar-refractivity contribution in [1.29, 1.82) is 0 Å². The van der Waals surface area contributed by atoms with Crippen LogP contribution in [0.2, 0.25) is 5.02 Å². The predicted molar refractivity (Wildman–Crippen MR) is 131 cm³/mol. The molecule has 2 rings (SSSR count). The molecule has 0 saturated heterocycles.